The van der Waals surface area contributed by atoms with Crippen LogP contribution in [0.3, 0.4) is 0 Å². The predicted molar refractivity (Wildman–Crippen MR) is 145 cm³/mol. The summed E-state index contributed by atoms with van der Waals surface area (Å²) in [6.07, 6.45) is 1.31. The number of likely N-dealkylation sites (tertiary alicyclic amines) is 2. The van der Waals surface area contributed by atoms with Crippen molar-refractivity contribution in [2.24, 2.45) is 5.92 Å². The van der Waals surface area contributed by atoms with Gasteiger partial charge in [0.1, 0.15) is 17.0 Å². The van der Waals surface area contributed by atoms with Crippen LogP contribution in [0.5, 0.6) is 0 Å². The zero-order valence-electron chi connectivity index (χ0n) is 23.3. The number of hydrogen-bond acceptors (Lipinski definition) is 6. The molecule has 2 amide bonds. The van der Waals surface area contributed by atoms with Crippen LogP contribution >= 0.6 is 0 Å². The van der Waals surface area contributed by atoms with Crippen LogP contribution in [0.1, 0.15) is 49.5 Å². The SMILES string of the molecule is Cc1ccc(Nc2c(C(=O)N3CC(O)(CNCC4CCN(C(=O)OC(C)(C)C)CC4)C3)ccc(F)c2F)c(F)c1. The Morgan fingerprint density at radius 1 is 1.05 bits per heavy atom. The molecule has 2 aliphatic heterocycles. The fourth-order valence-electron chi connectivity index (χ4n) is 4.95. The van der Waals surface area contributed by atoms with Gasteiger partial charge in [0.2, 0.25) is 0 Å². The number of carbonyl (C=O) groups excluding carboxylic acids is 2. The van der Waals surface area contributed by atoms with Crippen LogP contribution in [-0.2, 0) is 4.74 Å². The number of halogens is 3. The summed E-state index contributed by atoms with van der Waals surface area (Å²) in [6.45, 7) is 9.32. The number of rotatable bonds is 7. The first-order chi connectivity index (χ1) is 18.7. The van der Waals surface area contributed by atoms with E-state index >= 15 is 0 Å². The molecule has 0 radical (unpaired) electrons. The minimum absolute atomic E-state index is 0.00719. The molecule has 11 heteroatoms. The van der Waals surface area contributed by atoms with Crippen LogP contribution in [0.25, 0.3) is 0 Å². The molecule has 8 nitrogen and oxygen atoms in total. The minimum atomic E-state index is -1.29. The van der Waals surface area contributed by atoms with Gasteiger partial charge >= 0.3 is 6.09 Å². The monoisotopic (exact) mass is 562 g/mol. The number of aryl methyl sites for hydroxylation is 1. The van der Waals surface area contributed by atoms with Gasteiger partial charge in [-0.25, -0.2) is 18.0 Å². The second-order valence-corrected chi connectivity index (χ2v) is 11.8. The Balaban J connectivity index is 1.28. The van der Waals surface area contributed by atoms with E-state index in [0.29, 0.717) is 31.1 Å². The van der Waals surface area contributed by atoms with E-state index in [9.17, 15) is 27.9 Å². The van der Waals surface area contributed by atoms with Crippen molar-refractivity contribution in [2.45, 2.75) is 51.7 Å². The zero-order valence-corrected chi connectivity index (χ0v) is 23.3. The van der Waals surface area contributed by atoms with Crippen molar-refractivity contribution in [3.63, 3.8) is 0 Å². The topological polar surface area (TPSA) is 94.1 Å². The molecule has 0 aromatic heterocycles. The van der Waals surface area contributed by atoms with E-state index in [0.717, 1.165) is 25.0 Å². The molecule has 2 aromatic carbocycles. The number of benzene rings is 2. The smallest absolute Gasteiger partial charge is 0.410 e. The van der Waals surface area contributed by atoms with Gasteiger partial charge in [0, 0.05) is 19.6 Å². The van der Waals surface area contributed by atoms with E-state index in [-0.39, 0.29) is 37.0 Å². The number of β-amino-alcohol motifs (C(OH)–C–C–N with tert-alkyl or cyclic N) is 1. The molecule has 218 valence electrons. The van der Waals surface area contributed by atoms with Crippen LogP contribution in [-0.4, -0.2) is 77.4 Å². The first-order valence-corrected chi connectivity index (χ1v) is 13.5. The first-order valence-electron chi connectivity index (χ1n) is 13.5. The molecule has 0 bridgehead atoms. The van der Waals surface area contributed by atoms with E-state index in [4.69, 9.17) is 4.74 Å². The molecule has 2 heterocycles. The van der Waals surface area contributed by atoms with Crippen molar-refractivity contribution >= 4 is 23.4 Å². The Morgan fingerprint density at radius 3 is 2.35 bits per heavy atom. The van der Waals surface area contributed by atoms with E-state index in [1.165, 1.54) is 17.0 Å². The van der Waals surface area contributed by atoms with Crippen LogP contribution < -0.4 is 10.6 Å². The van der Waals surface area contributed by atoms with Gasteiger partial charge in [-0.05, 0) is 82.8 Å². The highest BCUT2D eigenvalue weighted by atomic mass is 19.2. The van der Waals surface area contributed by atoms with Crippen molar-refractivity contribution in [2.75, 3.05) is 44.6 Å². The van der Waals surface area contributed by atoms with Gasteiger partial charge < -0.3 is 30.3 Å². The molecule has 0 spiro atoms. The number of ether oxygens (including phenoxy) is 1. The van der Waals surface area contributed by atoms with Gasteiger partial charge in [-0.1, -0.05) is 6.07 Å². The molecule has 40 heavy (non-hydrogen) atoms. The van der Waals surface area contributed by atoms with Gasteiger partial charge in [-0.15, -0.1) is 0 Å². The van der Waals surface area contributed by atoms with Crippen LogP contribution in [0.4, 0.5) is 29.3 Å². The third-order valence-electron chi connectivity index (χ3n) is 7.12. The summed E-state index contributed by atoms with van der Waals surface area (Å²) >= 11 is 0. The lowest BCUT2D eigenvalue weighted by Gasteiger charge is -2.47. The molecule has 0 aliphatic carbocycles. The first kappa shape index (κ1) is 29.7. The summed E-state index contributed by atoms with van der Waals surface area (Å²) in [4.78, 5) is 28.4. The van der Waals surface area contributed by atoms with Gasteiger partial charge in [0.25, 0.3) is 5.91 Å². The van der Waals surface area contributed by atoms with Gasteiger partial charge in [-0.3, -0.25) is 4.79 Å². The summed E-state index contributed by atoms with van der Waals surface area (Å²) in [5.74, 6) is -3.40. The fraction of sp³-hybridized carbons (Fsp3) is 0.517. The Kier molecular flexibility index (Phi) is 8.65. The molecule has 3 N–H and O–H groups in total. The third kappa shape index (κ3) is 7.06. The minimum Gasteiger partial charge on any atom is -0.444 e. The van der Waals surface area contributed by atoms with Gasteiger partial charge in [0.05, 0.1) is 30.0 Å². The standard InChI is InChI=1S/C29H37F3N4O4/c1-18-5-8-23(22(31)13-18)34-25-20(6-7-21(30)24(25)32)26(37)36-16-29(39,17-36)15-33-14-19-9-11-35(12-10-19)27(38)40-28(2,3)4/h5-8,13,19,33-34,39H,9-12,14-17H2,1-4H3. The van der Waals surface area contributed by atoms with Crippen molar-refractivity contribution < 1.29 is 32.6 Å². The summed E-state index contributed by atoms with van der Waals surface area (Å²) in [5.41, 5.74) is -1.76. The molecule has 2 aliphatic rings. The molecule has 0 unspecified atom stereocenters. The molecular formula is C29H37F3N4O4. The number of aliphatic hydroxyl groups is 1. The zero-order chi connectivity index (χ0) is 29.2. The molecule has 2 saturated heterocycles. The highest BCUT2D eigenvalue weighted by Gasteiger charge is 2.44. The molecule has 0 saturated carbocycles. The van der Waals surface area contributed by atoms with Crippen molar-refractivity contribution in [3.05, 3.63) is 58.9 Å². The Hall–Kier alpha value is -3.31. The lowest BCUT2D eigenvalue weighted by Crippen LogP contribution is -2.67. The van der Waals surface area contributed by atoms with Gasteiger partial charge in [-0.2, -0.15) is 0 Å². The van der Waals surface area contributed by atoms with E-state index in [2.05, 4.69) is 10.6 Å². The third-order valence-corrected chi connectivity index (χ3v) is 7.12. The van der Waals surface area contributed by atoms with Crippen molar-refractivity contribution in [1.82, 2.24) is 15.1 Å². The van der Waals surface area contributed by atoms with Gasteiger partial charge in [0.15, 0.2) is 11.6 Å². The summed E-state index contributed by atoms with van der Waals surface area (Å²) in [7, 11) is 0. The Bertz CT molecular complexity index is 1250. The Morgan fingerprint density at radius 2 is 1.73 bits per heavy atom. The average Bonchev–Trinajstić information content (AvgIpc) is 2.85. The van der Waals surface area contributed by atoms with Crippen LogP contribution in [0, 0.1) is 30.3 Å². The number of nitrogens with zero attached hydrogens (tertiary/aromatic N) is 2. The van der Waals surface area contributed by atoms with E-state index in [1.807, 2.05) is 20.8 Å². The highest BCUT2D eigenvalue weighted by molar-refractivity contribution is 6.01. The number of carbonyl (C=O) groups is 2. The number of hydrogen-bond donors (Lipinski definition) is 3. The molecular weight excluding hydrogens is 525 g/mol. The lowest BCUT2D eigenvalue weighted by molar-refractivity contribution is -0.0789. The van der Waals surface area contributed by atoms with E-state index in [1.54, 1.807) is 17.9 Å². The summed E-state index contributed by atoms with van der Waals surface area (Å²) in [6, 6.07) is 6.24. The highest BCUT2D eigenvalue weighted by Crippen LogP contribution is 2.31. The lowest BCUT2D eigenvalue weighted by atomic mass is 9.91. The maximum absolute atomic E-state index is 14.7. The average molecular weight is 563 g/mol. The van der Waals surface area contributed by atoms with Crippen LogP contribution in [0.15, 0.2) is 30.3 Å². The summed E-state index contributed by atoms with van der Waals surface area (Å²) < 4.78 is 48.5. The van der Waals surface area contributed by atoms with Crippen molar-refractivity contribution in [3.8, 4) is 0 Å². The number of amides is 2. The number of nitrogens with one attached hydrogen (secondary N) is 2. The van der Waals surface area contributed by atoms with Crippen LogP contribution in [0.2, 0.25) is 0 Å². The second kappa shape index (κ2) is 11.7. The normalized spacial score (nSPS) is 17.4. The maximum Gasteiger partial charge on any atom is 0.410 e. The second-order valence-electron chi connectivity index (χ2n) is 11.8. The predicted octanol–water partition coefficient (Wildman–Crippen LogP) is 4.58. The quantitative estimate of drug-likeness (QED) is 0.458. The van der Waals surface area contributed by atoms with E-state index < -0.39 is 40.2 Å². The molecule has 4 rings (SSSR count). The fourth-order valence-corrected chi connectivity index (χ4v) is 4.95. The summed E-state index contributed by atoms with van der Waals surface area (Å²) in [5, 5.41) is 16.7. The number of piperidine rings is 1. The molecule has 0 atom stereocenters. The number of anilines is 2. The largest absolute Gasteiger partial charge is 0.444 e. The molecule has 2 fully saturated rings. The molecule has 2 aromatic rings. The Labute approximate surface area is 232 Å². The maximum atomic E-state index is 14.7. The van der Waals surface area contributed by atoms with Crippen molar-refractivity contribution in [1.29, 1.82) is 0 Å².